The van der Waals surface area contributed by atoms with Gasteiger partial charge in [-0.25, -0.2) is 4.68 Å². The number of hydrogen-bond acceptors (Lipinski definition) is 3. The fourth-order valence-corrected chi connectivity index (χ4v) is 1.13. The molecule has 0 saturated carbocycles. The van der Waals surface area contributed by atoms with Gasteiger partial charge in [0.25, 0.3) is 0 Å². The Labute approximate surface area is 95.3 Å². The summed E-state index contributed by atoms with van der Waals surface area (Å²) in [6.45, 7) is 11.1. The molecule has 0 unspecified atom stereocenters. The molecule has 0 atom stereocenters. The molecule has 5 heteroatoms. The summed E-state index contributed by atoms with van der Waals surface area (Å²) in [5.41, 5.74) is 0.879. The minimum Gasteiger partial charge on any atom is -0.306 e. The van der Waals surface area contributed by atoms with Gasteiger partial charge in [-0.3, -0.25) is 0 Å². The van der Waals surface area contributed by atoms with E-state index in [2.05, 4.69) is 43.0 Å². The van der Waals surface area contributed by atoms with E-state index in [0.29, 0.717) is 18.1 Å². The summed E-state index contributed by atoms with van der Waals surface area (Å²) in [7, 11) is 0. The molecule has 4 nitrogen and oxygen atoms in total. The van der Waals surface area contributed by atoms with Gasteiger partial charge in [0.1, 0.15) is 0 Å². The van der Waals surface area contributed by atoms with Crippen molar-refractivity contribution in [2.24, 2.45) is 0 Å². The van der Waals surface area contributed by atoms with Crippen molar-refractivity contribution in [3.63, 3.8) is 0 Å². The van der Waals surface area contributed by atoms with Crippen molar-refractivity contribution in [3.8, 4) is 0 Å². The highest BCUT2D eigenvalue weighted by molar-refractivity contribution is 6.29. The molecular weight excluding hydrogens is 212 g/mol. The van der Waals surface area contributed by atoms with E-state index >= 15 is 0 Å². The van der Waals surface area contributed by atoms with Crippen LogP contribution in [0.1, 0.15) is 26.5 Å². The van der Waals surface area contributed by atoms with Crippen LogP contribution in [0.2, 0.25) is 0 Å². The SMILES string of the molecule is C=C(Cl)CNCc1cn(C(C)(C)C)nn1. The van der Waals surface area contributed by atoms with E-state index in [-0.39, 0.29) is 5.54 Å². The van der Waals surface area contributed by atoms with Gasteiger partial charge in [0, 0.05) is 18.1 Å². The lowest BCUT2D eigenvalue weighted by atomic mass is 10.1. The molecule has 1 N–H and O–H groups in total. The highest BCUT2D eigenvalue weighted by Crippen LogP contribution is 2.11. The van der Waals surface area contributed by atoms with Gasteiger partial charge >= 0.3 is 0 Å². The van der Waals surface area contributed by atoms with Crippen LogP contribution in [-0.4, -0.2) is 21.5 Å². The molecule has 1 aromatic heterocycles. The first-order valence-corrected chi connectivity index (χ1v) is 5.23. The van der Waals surface area contributed by atoms with Gasteiger partial charge in [0.05, 0.1) is 17.4 Å². The monoisotopic (exact) mass is 228 g/mol. The van der Waals surface area contributed by atoms with Crippen molar-refractivity contribution in [2.45, 2.75) is 32.9 Å². The molecule has 0 aliphatic heterocycles. The second-order valence-electron chi connectivity index (χ2n) is 4.45. The molecule has 0 saturated heterocycles. The van der Waals surface area contributed by atoms with E-state index in [9.17, 15) is 0 Å². The van der Waals surface area contributed by atoms with E-state index in [0.717, 1.165) is 5.69 Å². The van der Waals surface area contributed by atoms with Crippen molar-refractivity contribution in [3.05, 3.63) is 23.5 Å². The van der Waals surface area contributed by atoms with Crippen molar-refractivity contribution < 1.29 is 0 Å². The molecule has 0 spiro atoms. The van der Waals surface area contributed by atoms with Crippen LogP contribution in [0.5, 0.6) is 0 Å². The van der Waals surface area contributed by atoms with Crippen LogP contribution < -0.4 is 5.32 Å². The molecule has 0 aliphatic carbocycles. The smallest absolute Gasteiger partial charge is 0.0965 e. The largest absolute Gasteiger partial charge is 0.306 e. The van der Waals surface area contributed by atoms with Gasteiger partial charge in [-0.2, -0.15) is 0 Å². The number of hydrogen-bond donors (Lipinski definition) is 1. The van der Waals surface area contributed by atoms with Crippen LogP contribution in [0.15, 0.2) is 17.8 Å². The van der Waals surface area contributed by atoms with Gasteiger partial charge in [0.15, 0.2) is 0 Å². The maximum absolute atomic E-state index is 5.62. The number of nitrogens with one attached hydrogen (secondary N) is 1. The van der Waals surface area contributed by atoms with Gasteiger partial charge in [-0.05, 0) is 20.8 Å². The van der Waals surface area contributed by atoms with Gasteiger partial charge in [-0.1, -0.05) is 23.4 Å². The second kappa shape index (κ2) is 4.77. The van der Waals surface area contributed by atoms with E-state index in [4.69, 9.17) is 11.6 Å². The average Bonchev–Trinajstić information content (AvgIpc) is 2.51. The van der Waals surface area contributed by atoms with E-state index < -0.39 is 0 Å². The van der Waals surface area contributed by atoms with Crippen LogP contribution >= 0.6 is 11.6 Å². The predicted octanol–water partition coefficient (Wildman–Crippen LogP) is 1.88. The highest BCUT2D eigenvalue weighted by atomic mass is 35.5. The Hall–Kier alpha value is -0.870. The lowest BCUT2D eigenvalue weighted by molar-refractivity contribution is 0.347. The number of nitrogens with zero attached hydrogens (tertiary/aromatic N) is 3. The van der Waals surface area contributed by atoms with Crippen LogP contribution in [0.25, 0.3) is 0 Å². The predicted molar refractivity (Wildman–Crippen MR) is 61.7 cm³/mol. The fourth-order valence-electron chi connectivity index (χ4n) is 1.03. The second-order valence-corrected chi connectivity index (χ2v) is 4.98. The van der Waals surface area contributed by atoms with Gasteiger partial charge in [-0.15, -0.1) is 5.10 Å². The van der Waals surface area contributed by atoms with E-state index in [1.54, 1.807) is 0 Å². The zero-order chi connectivity index (χ0) is 11.5. The molecule has 15 heavy (non-hydrogen) atoms. The van der Waals surface area contributed by atoms with Gasteiger partial charge < -0.3 is 5.32 Å². The van der Waals surface area contributed by atoms with Crippen molar-refractivity contribution in [2.75, 3.05) is 6.54 Å². The van der Waals surface area contributed by atoms with Crippen molar-refractivity contribution >= 4 is 11.6 Å². The Morgan fingerprint density at radius 1 is 1.60 bits per heavy atom. The minimum atomic E-state index is -0.0265. The number of halogens is 1. The molecule has 84 valence electrons. The van der Waals surface area contributed by atoms with Crippen molar-refractivity contribution in [1.82, 2.24) is 20.3 Å². The maximum atomic E-state index is 5.62. The fraction of sp³-hybridized carbons (Fsp3) is 0.600. The summed E-state index contributed by atoms with van der Waals surface area (Å²) in [6.07, 6.45) is 1.93. The first kappa shape index (κ1) is 12.2. The molecule has 1 aromatic rings. The third-order valence-electron chi connectivity index (χ3n) is 1.85. The topological polar surface area (TPSA) is 42.7 Å². The Bertz CT molecular complexity index is 337. The molecule has 0 fully saturated rings. The average molecular weight is 229 g/mol. The lowest BCUT2D eigenvalue weighted by Crippen LogP contribution is -2.22. The highest BCUT2D eigenvalue weighted by Gasteiger charge is 2.14. The number of aromatic nitrogens is 3. The van der Waals surface area contributed by atoms with E-state index in [1.807, 2.05) is 10.9 Å². The Morgan fingerprint density at radius 3 is 2.73 bits per heavy atom. The van der Waals surface area contributed by atoms with Gasteiger partial charge in [0.2, 0.25) is 0 Å². The first-order valence-electron chi connectivity index (χ1n) is 4.85. The summed E-state index contributed by atoms with van der Waals surface area (Å²) in [5.74, 6) is 0. The van der Waals surface area contributed by atoms with Crippen LogP contribution in [0.3, 0.4) is 0 Å². The summed E-state index contributed by atoms with van der Waals surface area (Å²) >= 11 is 5.62. The molecule has 0 aliphatic rings. The summed E-state index contributed by atoms with van der Waals surface area (Å²) in [6, 6.07) is 0. The maximum Gasteiger partial charge on any atom is 0.0965 e. The summed E-state index contributed by atoms with van der Waals surface area (Å²) in [5, 5.41) is 11.8. The Morgan fingerprint density at radius 2 is 2.27 bits per heavy atom. The first-order chi connectivity index (χ1) is 6.89. The normalized spacial score (nSPS) is 11.7. The molecule has 1 heterocycles. The zero-order valence-corrected chi connectivity index (χ0v) is 10.2. The molecule has 0 bridgehead atoms. The molecule has 0 aromatic carbocycles. The van der Waals surface area contributed by atoms with Crippen molar-refractivity contribution in [1.29, 1.82) is 0 Å². The lowest BCUT2D eigenvalue weighted by Gasteiger charge is -2.17. The standard InChI is InChI=1S/C10H17ClN4/c1-8(11)5-12-6-9-7-15(14-13-9)10(2,3)4/h7,12H,1,5-6H2,2-4H3. The van der Waals surface area contributed by atoms with E-state index in [1.165, 1.54) is 0 Å². The molecule has 1 rings (SSSR count). The Balaban J connectivity index is 2.50. The molecular formula is C10H17ClN4. The molecule has 0 radical (unpaired) electrons. The third-order valence-corrected chi connectivity index (χ3v) is 1.98. The number of rotatable bonds is 4. The third kappa shape index (κ3) is 4.01. The minimum absolute atomic E-state index is 0.0265. The van der Waals surface area contributed by atoms with Crippen LogP contribution in [0, 0.1) is 0 Å². The summed E-state index contributed by atoms with van der Waals surface area (Å²) < 4.78 is 1.85. The van der Waals surface area contributed by atoms with Crippen LogP contribution in [-0.2, 0) is 12.1 Å². The van der Waals surface area contributed by atoms with Crippen LogP contribution in [0.4, 0.5) is 0 Å². The zero-order valence-electron chi connectivity index (χ0n) is 9.42. The Kier molecular flexibility index (Phi) is 3.88. The molecule has 0 amide bonds. The summed E-state index contributed by atoms with van der Waals surface area (Å²) in [4.78, 5) is 0. The quantitative estimate of drug-likeness (QED) is 0.856.